The molecular weight excluding hydrogens is 594 g/mol. The summed E-state index contributed by atoms with van der Waals surface area (Å²) in [5.74, 6) is -0.123. The Morgan fingerprint density at radius 3 is 1.04 bits per heavy atom. The summed E-state index contributed by atoms with van der Waals surface area (Å²) >= 11 is 0. The van der Waals surface area contributed by atoms with Crippen molar-refractivity contribution < 1.29 is 19.1 Å². The van der Waals surface area contributed by atoms with Gasteiger partial charge in [0.15, 0.2) is 0 Å². The molecule has 0 fully saturated rings. The van der Waals surface area contributed by atoms with E-state index in [9.17, 15) is 9.59 Å². The van der Waals surface area contributed by atoms with Crippen LogP contribution in [0.5, 0.6) is 0 Å². The van der Waals surface area contributed by atoms with E-state index in [0.717, 1.165) is 51.6 Å². The molecule has 0 aromatic carbocycles. The quantitative estimate of drug-likeness (QED) is 0.0370. The Kier molecular flexibility index (Phi) is 38.5. The summed E-state index contributed by atoms with van der Waals surface area (Å²) in [7, 11) is 2.07. The molecule has 5 nitrogen and oxygen atoms in total. The van der Waals surface area contributed by atoms with Crippen LogP contribution in [-0.4, -0.2) is 50.2 Å². The summed E-state index contributed by atoms with van der Waals surface area (Å²) in [6.07, 6.45) is 45.0. The Bertz CT molecular complexity index is 674. The highest BCUT2D eigenvalue weighted by molar-refractivity contribution is 5.69. The third kappa shape index (κ3) is 38.8. The number of allylic oxidation sites excluding steroid dienone is 4. The fraction of sp³-hybridized carbons (Fsp3) is 0.860. The highest BCUT2D eigenvalue weighted by atomic mass is 16.5. The number of carbonyl (C=O) groups excluding carboxylic acids is 2. The smallest absolute Gasteiger partial charge is 0.305 e. The monoisotopic (exact) mass is 676 g/mol. The standard InChI is InChI=1S/C43H81NO4/c1-4-6-8-10-12-14-16-18-20-22-24-26-28-30-32-36-42(45)47-40-34-38-44(3)39-35-41-48-43(46)37-33-31-29-27-25-23-21-19-17-15-13-11-9-7-5-2/h18-21H,4-17,22-41H2,1-3H3. The van der Waals surface area contributed by atoms with Crippen LogP contribution < -0.4 is 0 Å². The second-order valence-corrected chi connectivity index (χ2v) is 14.1. The molecule has 0 N–H and O–H groups in total. The van der Waals surface area contributed by atoms with Crippen LogP contribution in [0.15, 0.2) is 24.3 Å². The average molecular weight is 676 g/mol. The van der Waals surface area contributed by atoms with Crippen molar-refractivity contribution >= 4 is 11.9 Å². The predicted octanol–water partition coefficient (Wildman–Crippen LogP) is 12.9. The van der Waals surface area contributed by atoms with Gasteiger partial charge in [-0.1, -0.05) is 141 Å². The lowest BCUT2D eigenvalue weighted by Gasteiger charge is -2.16. The Balaban J connectivity index is 3.41. The molecule has 5 heteroatoms. The van der Waals surface area contributed by atoms with Gasteiger partial charge in [-0.15, -0.1) is 0 Å². The van der Waals surface area contributed by atoms with Crippen LogP contribution in [-0.2, 0) is 19.1 Å². The molecule has 0 aromatic rings. The van der Waals surface area contributed by atoms with E-state index in [1.165, 1.54) is 141 Å². The Morgan fingerprint density at radius 2 is 0.708 bits per heavy atom. The summed E-state index contributed by atoms with van der Waals surface area (Å²) in [6, 6.07) is 0. The number of ether oxygens (including phenoxy) is 2. The number of esters is 2. The van der Waals surface area contributed by atoms with E-state index in [4.69, 9.17) is 9.47 Å². The molecule has 0 spiro atoms. The average Bonchev–Trinajstić information content (AvgIpc) is 3.08. The van der Waals surface area contributed by atoms with Gasteiger partial charge in [-0.2, -0.15) is 0 Å². The second-order valence-electron chi connectivity index (χ2n) is 14.1. The van der Waals surface area contributed by atoms with Gasteiger partial charge in [0.25, 0.3) is 0 Å². The number of nitrogens with zero attached hydrogens (tertiary/aromatic N) is 1. The highest BCUT2D eigenvalue weighted by Gasteiger charge is 2.06. The number of hydrogen-bond donors (Lipinski definition) is 0. The molecule has 0 unspecified atom stereocenters. The Morgan fingerprint density at radius 1 is 0.417 bits per heavy atom. The van der Waals surface area contributed by atoms with Gasteiger partial charge in [-0.3, -0.25) is 9.59 Å². The minimum atomic E-state index is -0.0616. The first kappa shape index (κ1) is 46.4. The fourth-order valence-corrected chi connectivity index (χ4v) is 5.98. The lowest BCUT2D eigenvalue weighted by molar-refractivity contribution is -0.144. The molecule has 282 valence electrons. The van der Waals surface area contributed by atoms with Crippen molar-refractivity contribution in [2.45, 2.75) is 206 Å². The van der Waals surface area contributed by atoms with Crippen LogP contribution in [0, 0.1) is 0 Å². The van der Waals surface area contributed by atoms with Crippen molar-refractivity contribution in [3.63, 3.8) is 0 Å². The highest BCUT2D eigenvalue weighted by Crippen LogP contribution is 2.12. The van der Waals surface area contributed by atoms with Crippen LogP contribution in [0.4, 0.5) is 0 Å². The van der Waals surface area contributed by atoms with E-state index in [0.29, 0.717) is 26.1 Å². The van der Waals surface area contributed by atoms with Crippen LogP contribution in [0.25, 0.3) is 0 Å². The number of unbranched alkanes of at least 4 members (excludes halogenated alkanes) is 22. The van der Waals surface area contributed by atoms with E-state index in [1.807, 2.05) is 0 Å². The van der Waals surface area contributed by atoms with Gasteiger partial charge in [0.1, 0.15) is 0 Å². The minimum absolute atomic E-state index is 0.0616. The fourth-order valence-electron chi connectivity index (χ4n) is 5.98. The van der Waals surface area contributed by atoms with Gasteiger partial charge >= 0.3 is 11.9 Å². The number of carbonyl (C=O) groups is 2. The van der Waals surface area contributed by atoms with Crippen molar-refractivity contribution in [2.24, 2.45) is 0 Å². The molecule has 0 amide bonds. The zero-order valence-corrected chi connectivity index (χ0v) is 32.4. The lowest BCUT2D eigenvalue weighted by Crippen LogP contribution is -2.23. The van der Waals surface area contributed by atoms with E-state index in [-0.39, 0.29) is 11.9 Å². The molecule has 0 bridgehead atoms. The SMILES string of the molecule is CCCCCCCCC=CCCCCCCCC(=O)OCCCN(C)CCCOC(=O)CCCCCCCC=CCCCCCCCC. The lowest BCUT2D eigenvalue weighted by atomic mass is 10.1. The summed E-state index contributed by atoms with van der Waals surface area (Å²) < 4.78 is 10.9. The largest absolute Gasteiger partial charge is 0.466 e. The van der Waals surface area contributed by atoms with Gasteiger partial charge in [0, 0.05) is 25.9 Å². The predicted molar refractivity (Wildman–Crippen MR) is 208 cm³/mol. The van der Waals surface area contributed by atoms with Gasteiger partial charge in [0.2, 0.25) is 0 Å². The molecular formula is C43H81NO4. The Hall–Kier alpha value is -1.62. The van der Waals surface area contributed by atoms with Gasteiger partial charge in [-0.25, -0.2) is 0 Å². The van der Waals surface area contributed by atoms with Gasteiger partial charge in [0.05, 0.1) is 13.2 Å². The first-order valence-corrected chi connectivity index (χ1v) is 20.9. The molecule has 48 heavy (non-hydrogen) atoms. The number of rotatable bonds is 38. The molecule has 0 atom stereocenters. The minimum Gasteiger partial charge on any atom is -0.466 e. The molecule has 0 saturated heterocycles. The normalized spacial score (nSPS) is 11.8. The van der Waals surface area contributed by atoms with Gasteiger partial charge < -0.3 is 14.4 Å². The zero-order valence-electron chi connectivity index (χ0n) is 32.4. The first-order chi connectivity index (χ1) is 23.6. The molecule has 0 aliphatic heterocycles. The van der Waals surface area contributed by atoms with Crippen molar-refractivity contribution in [1.29, 1.82) is 0 Å². The van der Waals surface area contributed by atoms with E-state index < -0.39 is 0 Å². The maximum absolute atomic E-state index is 12.0. The summed E-state index contributed by atoms with van der Waals surface area (Å²) in [4.78, 5) is 26.3. The third-order valence-electron chi connectivity index (χ3n) is 9.18. The van der Waals surface area contributed by atoms with Crippen molar-refractivity contribution in [2.75, 3.05) is 33.4 Å². The zero-order chi connectivity index (χ0) is 35.0. The summed E-state index contributed by atoms with van der Waals surface area (Å²) in [5, 5.41) is 0. The number of hydrogen-bond acceptors (Lipinski definition) is 5. The van der Waals surface area contributed by atoms with Crippen LogP contribution in [0.2, 0.25) is 0 Å². The summed E-state index contributed by atoms with van der Waals surface area (Å²) in [6.45, 7) is 7.27. The van der Waals surface area contributed by atoms with Crippen LogP contribution in [0.3, 0.4) is 0 Å². The first-order valence-electron chi connectivity index (χ1n) is 20.9. The summed E-state index contributed by atoms with van der Waals surface area (Å²) in [5.41, 5.74) is 0. The Labute approximate surface area is 299 Å². The topological polar surface area (TPSA) is 55.8 Å². The molecule has 0 heterocycles. The molecule has 0 saturated carbocycles. The molecule has 0 aliphatic rings. The third-order valence-corrected chi connectivity index (χ3v) is 9.18. The second kappa shape index (κ2) is 39.8. The van der Waals surface area contributed by atoms with Crippen molar-refractivity contribution in [3.05, 3.63) is 24.3 Å². The molecule has 0 radical (unpaired) electrons. The molecule has 0 aliphatic carbocycles. The van der Waals surface area contributed by atoms with Crippen LogP contribution in [0.1, 0.15) is 206 Å². The molecule has 0 aromatic heterocycles. The van der Waals surface area contributed by atoms with E-state index >= 15 is 0 Å². The van der Waals surface area contributed by atoms with Crippen molar-refractivity contribution in [1.82, 2.24) is 4.90 Å². The van der Waals surface area contributed by atoms with Crippen molar-refractivity contribution in [3.8, 4) is 0 Å². The maximum Gasteiger partial charge on any atom is 0.305 e. The maximum atomic E-state index is 12.0. The van der Waals surface area contributed by atoms with Gasteiger partial charge in [-0.05, 0) is 84.1 Å². The molecule has 0 rings (SSSR count). The van der Waals surface area contributed by atoms with E-state index in [1.54, 1.807) is 0 Å². The van der Waals surface area contributed by atoms with E-state index in [2.05, 4.69) is 50.1 Å². The van der Waals surface area contributed by atoms with Crippen LogP contribution >= 0.6 is 0 Å².